The number of aromatic nitrogens is 2. The van der Waals surface area contributed by atoms with Crippen molar-refractivity contribution >= 4 is 29.2 Å². The average Bonchev–Trinajstić information content (AvgIpc) is 2.80. The Labute approximate surface area is 199 Å². The number of piperidine rings is 1. The SMILES string of the molecule is O=C(NNC(=O)c1cc(C(F)(F)F)cnc1N1CCCC(CO)C1)c1cc(C(F)(F)F)cnc1Cl. The van der Waals surface area contributed by atoms with Crippen LogP contribution in [0.1, 0.15) is 44.7 Å². The van der Waals surface area contributed by atoms with Crippen molar-refractivity contribution in [2.24, 2.45) is 5.92 Å². The second kappa shape index (κ2) is 10.2. The monoisotopic (exact) mass is 525 g/mol. The van der Waals surface area contributed by atoms with Gasteiger partial charge in [0.2, 0.25) is 0 Å². The number of halogens is 7. The highest BCUT2D eigenvalue weighted by Crippen LogP contribution is 2.33. The lowest BCUT2D eigenvalue weighted by molar-refractivity contribution is -0.138. The van der Waals surface area contributed by atoms with E-state index in [1.54, 1.807) is 0 Å². The summed E-state index contributed by atoms with van der Waals surface area (Å²) in [6.07, 6.45) is -7.41. The largest absolute Gasteiger partial charge is 0.417 e. The second-order valence-corrected chi connectivity index (χ2v) is 8.06. The van der Waals surface area contributed by atoms with Gasteiger partial charge in [0.1, 0.15) is 11.0 Å². The molecule has 1 aliphatic heterocycles. The van der Waals surface area contributed by atoms with Crippen LogP contribution < -0.4 is 15.8 Å². The Hall–Kier alpha value is -3.13. The first-order chi connectivity index (χ1) is 16.3. The minimum atomic E-state index is -4.82. The zero-order valence-corrected chi connectivity index (χ0v) is 18.4. The van der Waals surface area contributed by atoms with Gasteiger partial charge in [-0.1, -0.05) is 11.6 Å². The molecule has 190 valence electrons. The van der Waals surface area contributed by atoms with E-state index >= 15 is 0 Å². The number of aliphatic hydroxyl groups excluding tert-OH is 1. The maximum Gasteiger partial charge on any atom is 0.417 e. The molecule has 3 N–H and O–H groups in total. The van der Waals surface area contributed by atoms with E-state index in [-0.39, 0.29) is 24.9 Å². The standard InChI is InChI=1S/C20H18ClF6N5O3/c21-15-13(4-11(6-28-15)19(22,23)24)17(34)30-31-18(35)14-5-12(20(25,26)27)7-29-16(14)32-3-1-2-10(8-32)9-33/h4-7,10,33H,1-3,8-9H2,(H,30,34)(H,31,35). The summed E-state index contributed by atoms with van der Waals surface area (Å²) in [5, 5.41) is 8.83. The maximum atomic E-state index is 13.2. The maximum absolute atomic E-state index is 13.2. The summed E-state index contributed by atoms with van der Waals surface area (Å²) in [5.74, 6) is -2.77. The first kappa shape index (κ1) is 26.5. The molecule has 1 fully saturated rings. The second-order valence-electron chi connectivity index (χ2n) is 7.70. The molecular weight excluding hydrogens is 508 g/mol. The Morgan fingerprint density at radius 1 is 1.00 bits per heavy atom. The van der Waals surface area contributed by atoms with Crippen LogP contribution in [-0.4, -0.2) is 46.6 Å². The molecule has 0 aliphatic carbocycles. The zero-order valence-electron chi connectivity index (χ0n) is 17.7. The van der Waals surface area contributed by atoms with Crippen LogP contribution in [-0.2, 0) is 12.4 Å². The molecule has 2 amide bonds. The van der Waals surface area contributed by atoms with Gasteiger partial charge in [0.15, 0.2) is 0 Å². The molecule has 2 aromatic rings. The minimum absolute atomic E-state index is 0.110. The third-order valence-electron chi connectivity index (χ3n) is 5.22. The lowest BCUT2D eigenvalue weighted by atomic mass is 9.98. The average molecular weight is 526 g/mol. The number of anilines is 1. The van der Waals surface area contributed by atoms with Gasteiger partial charge >= 0.3 is 12.4 Å². The first-order valence-electron chi connectivity index (χ1n) is 10.1. The van der Waals surface area contributed by atoms with E-state index in [4.69, 9.17) is 11.6 Å². The van der Waals surface area contributed by atoms with E-state index in [0.29, 0.717) is 43.9 Å². The molecule has 35 heavy (non-hydrogen) atoms. The molecule has 0 spiro atoms. The molecule has 8 nitrogen and oxygen atoms in total. The van der Waals surface area contributed by atoms with E-state index in [1.807, 2.05) is 10.9 Å². The van der Waals surface area contributed by atoms with E-state index < -0.39 is 51.6 Å². The van der Waals surface area contributed by atoms with Gasteiger partial charge in [0.05, 0.1) is 22.3 Å². The molecule has 0 aromatic carbocycles. The normalized spacial score (nSPS) is 16.7. The topological polar surface area (TPSA) is 107 Å². The van der Waals surface area contributed by atoms with Crippen LogP contribution in [0.25, 0.3) is 0 Å². The van der Waals surface area contributed by atoms with Gasteiger partial charge in [-0.2, -0.15) is 26.3 Å². The van der Waals surface area contributed by atoms with Crippen LogP contribution in [0, 0.1) is 5.92 Å². The van der Waals surface area contributed by atoms with Crippen LogP contribution in [0.15, 0.2) is 24.5 Å². The van der Waals surface area contributed by atoms with Crippen LogP contribution in [0.2, 0.25) is 5.15 Å². The molecule has 1 aliphatic rings. The highest BCUT2D eigenvalue weighted by molar-refractivity contribution is 6.32. The number of rotatable bonds is 4. The summed E-state index contributed by atoms with van der Waals surface area (Å²) in [7, 11) is 0. The highest BCUT2D eigenvalue weighted by Gasteiger charge is 2.35. The van der Waals surface area contributed by atoms with Crippen molar-refractivity contribution in [3.05, 3.63) is 51.9 Å². The fourth-order valence-corrected chi connectivity index (χ4v) is 3.64. The van der Waals surface area contributed by atoms with Gasteiger partial charge in [-0.3, -0.25) is 20.4 Å². The fourth-order valence-electron chi connectivity index (χ4n) is 3.45. The lowest BCUT2D eigenvalue weighted by Crippen LogP contribution is -2.43. The first-order valence-corrected chi connectivity index (χ1v) is 10.5. The number of aliphatic hydroxyl groups is 1. The number of hydrogen-bond donors (Lipinski definition) is 3. The molecule has 15 heteroatoms. The zero-order chi connectivity index (χ0) is 26.0. The molecule has 1 unspecified atom stereocenters. The Bertz CT molecular complexity index is 1110. The molecule has 0 bridgehead atoms. The van der Waals surface area contributed by atoms with E-state index in [2.05, 4.69) is 9.97 Å². The Morgan fingerprint density at radius 2 is 1.54 bits per heavy atom. The summed E-state index contributed by atoms with van der Waals surface area (Å²) < 4.78 is 78.4. The number of pyridine rings is 2. The molecule has 3 rings (SSSR count). The predicted octanol–water partition coefficient (Wildman–Crippen LogP) is 3.45. The van der Waals surface area contributed by atoms with Crippen LogP contribution in [0.5, 0.6) is 0 Å². The smallest absolute Gasteiger partial charge is 0.396 e. The number of hydrogen-bond acceptors (Lipinski definition) is 6. The summed E-state index contributed by atoms with van der Waals surface area (Å²) in [5.41, 5.74) is -0.0437. The Kier molecular flexibility index (Phi) is 7.74. The van der Waals surface area contributed by atoms with Crippen molar-refractivity contribution in [1.29, 1.82) is 0 Å². The Morgan fingerprint density at radius 3 is 2.11 bits per heavy atom. The van der Waals surface area contributed by atoms with Gasteiger partial charge in [-0.15, -0.1) is 0 Å². The van der Waals surface area contributed by atoms with Crippen LogP contribution in [0.4, 0.5) is 32.2 Å². The van der Waals surface area contributed by atoms with Gasteiger partial charge in [-0.05, 0) is 30.9 Å². The van der Waals surface area contributed by atoms with Crippen molar-refractivity contribution < 1.29 is 41.0 Å². The number of nitrogens with one attached hydrogen (secondary N) is 2. The number of alkyl halides is 6. The van der Waals surface area contributed by atoms with E-state index in [9.17, 15) is 41.0 Å². The van der Waals surface area contributed by atoms with Crippen molar-refractivity contribution in [3.8, 4) is 0 Å². The number of hydrazine groups is 1. The lowest BCUT2D eigenvalue weighted by Gasteiger charge is -2.33. The quantitative estimate of drug-likeness (QED) is 0.321. The third kappa shape index (κ3) is 6.31. The van der Waals surface area contributed by atoms with Gasteiger partial charge < -0.3 is 10.0 Å². The molecule has 3 heterocycles. The van der Waals surface area contributed by atoms with Gasteiger partial charge in [-0.25, -0.2) is 9.97 Å². The molecule has 0 radical (unpaired) electrons. The van der Waals surface area contributed by atoms with Crippen molar-refractivity contribution in [2.45, 2.75) is 25.2 Å². The van der Waals surface area contributed by atoms with Crippen LogP contribution in [0.3, 0.4) is 0 Å². The van der Waals surface area contributed by atoms with Crippen molar-refractivity contribution in [3.63, 3.8) is 0 Å². The summed E-state index contributed by atoms with van der Waals surface area (Å²) in [6.45, 7) is 0.417. The van der Waals surface area contributed by atoms with E-state index in [0.717, 1.165) is 0 Å². The number of carbonyl (C=O) groups is 2. The number of amides is 2. The molecule has 2 aromatic heterocycles. The summed E-state index contributed by atoms with van der Waals surface area (Å²) in [4.78, 5) is 33.7. The number of carbonyl (C=O) groups excluding carboxylic acids is 2. The third-order valence-corrected chi connectivity index (χ3v) is 5.52. The van der Waals surface area contributed by atoms with Crippen molar-refractivity contribution in [2.75, 3.05) is 24.6 Å². The Balaban J connectivity index is 1.86. The highest BCUT2D eigenvalue weighted by atomic mass is 35.5. The molecular formula is C20H18ClF6N5O3. The summed E-state index contributed by atoms with van der Waals surface area (Å²) in [6, 6.07) is 0.960. The predicted molar refractivity (Wildman–Crippen MR) is 110 cm³/mol. The van der Waals surface area contributed by atoms with Crippen LogP contribution >= 0.6 is 11.6 Å². The van der Waals surface area contributed by atoms with Crippen molar-refractivity contribution in [1.82, 2.24) is 20.8 Å². The van der Waals surface area contributed by atoms with E-state index in [1.165, 1.54) is 4.90 Å². The fraction of sp³-hybridized carbons (Fsp3) is 0.400. The molecule has 1 saturated heterocycles. The van der Waals surface area contributed by atoms with Gasteiger partial charge in [0, 0.05) is 32.1 Å². The summed E-state index contributed by atoms with van der Waals surface area (Å²) >= 11 is 5.68. The molecule has 1 atom stereocenters. The molecule has 0 saturated carbocycles. The minimum Gasteiger partial charge on any atom is -0.396 e. The van der Waals surface area contributed by atoms with Gasteiger partial charge in [0.25, 0.3) is 11.8 Å². The number of nitrogens with zero attached hydrogens (tertiary/aromatic N) is 3.